The lowest BCUT2D eigenvalue weighted by Gasteiger charge is -2.19. The number of nitrogens with one attached hydrogen (secondary N) is 1. The predicted molar refractivity (Wildman–Crippen MR) is 175 cm³/mol. The Balaban J connectivity index is 1.77. The highest BCUT2D eigenvalue weighted by molar-refractivity contribution is 6.31. The van der Waals surface area contributed by atoms with E-state index in [4.69, 9.17) is 37.8 Å². The molecule has 0 aliphatic heterocycles. The average Bonchev–Trinajstić information content (AvgIpc) is 2.99. The quantitative estimate of drug-likeness (QED) is 0.122. The van der Waals surface area contributed by atoms with Gasteiger partial charge in [0.15, 0.2) is 0 Å². The van der Waals surface area contributed by atoms with Crippen LogP contribution in [-0.2, 0) is 9.53 Å². The molecule has 0 saturated heterocycles. The van der Waals surface area contributed by atoms with Crippen LogP contribution in [0.1, 0.15) is 81.5 Å². The lowest BCUT2D eigenvalue weighted by Crippen LogP contribution is -2.24. The van der Waals surface area contributed by atoms with Gasteiger partial charge in [-0.3, -0.25) is 4.79 Å². The average molecular weight is 629 g/mol. The van der Waals surface area contributed by atoms with Gasteiger partial charge in [-0.15, -0.1) is 0 Å². The molecule has 232 valence electrons. The van der Waals surface area contributed by atoms with Crippen LogP contribution in [0.5, 0.6) is 5.75 Å². The summed E-state index contributed by atoms with van der Waals surface area (Å²) in [7, 11) is 0. The van der Waals surface area contributed by atoms with Crippen LogP contribution in [0.4, 0.5) is 0 Å². The second-order valence-electron chi connectivity index (χ2n) is 10.7. The molecule has 0 unspecified atom stereocenters. The molecule has 2 N–H and O–H groups in total. The van der Waals surface area contributed by atoms with E-state index in [0.29, 0.717) is 39.0 Å². The van der Waals surface area contributed by atoms with Crippen molar-refractivity contribution in [2.75, 3.05) is 26.4 Å². The van der Waals surface area contributed by atoms with Gasteiger partial charge < -0.3 is 19.9 Å². The Morgan fingerprint density at radius 1 is 0.744 bits per heavy atom. The summed E-state index contributed by atoms with van der Waals surface area (Å²) < 4.78 is 11.4. The largest absolute Gasteiger partial charge is 0.490 e. The van der Waals surface area contributed by atoms with E-state index in [-0.39, 0.29) is 19.1 Å². The zero-order valence-corrected chi connectivity index (χ0v) is 26.5. The number of carbonyl (C=O) groups is 2. The Morgan fingerprint density at radius 3 is 1.79 bits per heavy atom. The van der Waals surface area contributed by atoms with E-state index < -0.39 is 12.6 Å². The first kappa shape index (κ1) is 34.4. The highest BCUT2D eigenvalue weighted by Gasteiger charge is 2.19. The summed E-state index contributed by atoms with van der Waals surface area (Å²) in [6.07, 6.45) is 12.3. The first-order valence-electron chi connectivity index (χ1n) is 15.3. The molecule has 0 bridgehead atoms. The third-order valence-corrected chi connectivity index (χ3v) is 7.61. The number of unbranched alkanes of at least 4 members (excludes halogenated alkanes) is 9. The van der Waals surface area contributed by atoms with Gasteiger partial charge >= 0.3 is 5.97 Å². The highest BCUT2D eigenvalue weighted by atomic mass is 35.5. The molecule has 0 aromatic heterocycles. The molecule has 3 rings (SSSR count). The number of rotatable bonds is 20. The van der Waals surface area contributed by atoms with Gasteiger partial charge in [0.2, 0.25) is 0 Å². The summed E-state index contributed by atoms with van der Waals surface area (Å²) in [6, 6.07) is 18.3. The fourth-order valence-corrected chi connectivity index (χ4v) is 5.32. The number of benzene rings is 3. The van der Waals surface area contributed by atoms with Crippen molar-refractivity contribution in [1.29, 1.82) is 0 Å². The van der Waals surface area contributed by atoms with E-state index in [1.807, 2.05) is 36.4 Å². The highest BCUT2D eigenvalue weighted by Crippen LogP contribution is 2.41. The standard InChI is InChI=1S/C35H43Cl2NO5/c1-2-3-4-5-6-7-8-9-10-11-18-38-35(41)28-23-31(26-14-12-16-29(36)21-26)34(43-20-19-42-25-33(39)40)32(24-28)27-15-13-17-30(37)22-27/h12-17,21-24H,2-11,18-20,25H2,1H3,(H,38,41)(H,39,40). The smallest absolute Gasteiger partial charge is 0.329 e. The van der Waals surface area contributed by atoms with Crippen LogP contribution < -0.4 is 10.1 Å². The van der Waals surface area contributed by atoms with E-state index in [1.54, 1.807) is 24.3 Å². The van der Waals surface area contributed by atoms with Crippen LogP contribution >= 0.6 is 23.2 Å². The van der Waals surface area contributed by atoms with Crippen LogP contribution in [0, 0.1) is 0 Å². The van der Waals surface area contributed by atoms with Gasteiger partial charge in [0.25, 0.3) is 5.91 Å². The maximum absolute atomic E-state index is 13.4. The maximum Gasteiger partial charge on any atom is 0.329 e. The number of hydrogen-bond donors (Lipinski definition) is 2. The number of carboxylic acid groups (broad SMARTS) is 1. The van der Waals surface area contributed by atoms with Crippen molar-refractivity contribution in [3.63, 3.8) is 0 Å². The SMILES string of the molecule is CCCCCCCCCCCCNC(=O)c1cc(-c2cccc(Cl)c2)c(OCCOCC(=O)O)c(-c2cccc(Cl)c2)c1. The third kappa shape index (κ3) is 12.2. The molecule has 0 fully saturated rings. The van der Waals surface area contributed by atoms with Gasteiger partial charge in [-0.05, 0) is 53.9 Å². The maximum atomic E-state index is 13.4. The summed E-state index contributed by atoms with van der Waals surface area (Å²) >= 11 is 12.7. The van der Waals surface area contributed by atoms with Crippen molar-refractivity contribution in [2.45, 2.75) is 71.1 Å². The van der Waals surface area contributed by atoms with Crippen LogP contribution in [0.25, 0.3) is 22.3 Å². The molecular formula is C35H43Cl2NO5. The summed E-state index contributed by atoms with van der Waals surface area (Å²) in [5.41, 5.74) is 3.42. The first-order chi connectivity index (χ1) is 20.9. The van der Waals surface area contributed by atoms with Gasteiger partial charge in [0.1, 0.15) is 19.0 Å². The van der Waals surface area contributed by atoms with E-state index in [2.05, 4.69) is 12.2 Å². The zero-order chi connectivity index (χ0) is 30.9. The number of amides is 1. The Morgan fingerprint density at radius 2 is 1.28 bits per heavy atom. The molecule has 0 saturated carbocycles. The fraction of sp³-hybridized carbons (Fsp3) is 0.429. The molecule has 8 heteroatoms. The molecule has 1 amide bonds. The number of halogens is 2. The fourth-order valence-electron chi connectivity index (χ4n) is 4.93. The van der Waals surface area contributed by atoms with Crippen molar-refractivity contribution in [2.24, 2.45) is 0 Å². The second kappa shape index (κ2) is 19.3. The minimum Gasteiger partial charge on any atom is -0.490 e. The van der Waals surface area contributed by atoms with Crippen LogP contribution in [-0.4, -0.2) is 43.3 Å². The molecule has 3 aromatic carbocycles. The Kier molecular flexibility index (Phi) is 15.4. The molecule has 0 radical (unpaired) electrons. The number of aliphatic carboxylic acids is 1. The van der Waals surface area contributed by atoms with Gasteiger partial charge in [-0.1, -0.05) is 112 Å². The molecule has 3 aromatic rings. The normalized spacial score (nSPS) is 11.0. The zero-order valence-electron chi connectivity index (χ0n) is 25.0. The Hall–Kier alpha value is -3.06. The van der Waals surface area contributed by atoms with Crippen LogP contribution in [0.3, 0.4) is 0 Å². The molecule has 0 heterocycles. The van der Waals surface area contributed by atoms with E-state index in [1.165, 1.54) is 51.4 Å². The molecule has 0 aliphatic rings. The number of carboxylic acids is 1. The van der Waals surface area contributed by atoms with Crippen LogP contribution in [0.15, 0.2) is 60.7 Å². The van der Waals surface area contributed by atoms with E-state index in [0.717, 1.165) is 24.0 Å². The van der Waals surface area contributed by atoms with Gasteiger partial charge in [-0.25, -0.2) is 4.79 Å². The number of hydrogen-bond acceptors (Lipinski definition) is 4. The van der Waals surface area contributed by atoms with Crippen molar-refractivity contribution in [3.05, 3.63) is 76.3 Å². The summed E-state index contributed by atoms with van der Waals surface area (Å²) in [4.78, 5) is 24.2. The van der Waals surface area contributed by atoms with Gasteiger partial charge in [0.05, 0.1) is 6.61 Å². The van der Waals surface area contributed by atoms with Gasteiger partial charge in [0, 0.05) is 33.3 Å². The van der Waals surface area contributed by atoms with Crippen molar-refractivity contribution < 1.29 is 24.2 Å². The number of ether oxygens (including phenoxy) is 2. The number of carbonyl (C=O) groups excluding carboxylic acids is 1. The third-order valence-electron chi connectivity index (χ3n) is 7.14. The molecule has 0 aliphatic carbocycles. The Labute approximate surface area is 265 Å². The molecule has 43 heavy (non-hydrogen) atoms. The second-order valence-corrected chi connectivity index (χ2v) is 11.5. The predicted octanol–water partition coefficient (Wildman–Crippen LogP) is 9.46. The lowest BCUT2D eigenvalue weighted by atomic mass is 9.94. The van der Waals surface area contributed by atoms with E-state index in [9.17, 15) is 9.59 Å². The Bertz CT molecular complexity index is 1250. The van der Waals surface area contributed by atoms with Crippen molar-refractivity contribution in [1.82, 2.24) is 5.32 Å². The van der Waals surface area contributed by atoms with Crippen molar-refractivity contribution >= 4 is 35.1 Å². The van der Waals surface area contributed by atoms with E-state index >= 15 is 0 Å². The lowest BCUT2D eigenvalue weighted by molar-refractivity contribution is -0.142. The monoisotopic (exact) mass is 627 g/mol. The molecule has 0 spiro atoms. The molecular weight excluding hydrogens is 585 g/mol. The minimum absolute atomic E-state index is 0.0807. The van der Waals surface area contributed by atoms with Crippen molar-refractivity contribution in [3.8, 4) is 28.0 Å². The molecule has 6 nitrogen and oxygen atoms in total. The topological polar surface area (TPSA) is 84.9 Å². The summed E-state index contributed by atoms with van der Waals surface area (Å²) in [6.45, 7) is 2.62. The molecule has 0 atom stereocenters. The van der Waals surface area contributed by atoms with Gasteiger partial charge in [-0.2, -0.15) is 0 Å². The summed E-state index contributed by atoms with van der Waals surface area (Å²) in [5, 5.41) is 13.1. The minimum atomic E-state index is -1.05. The summed E-state index contributed by atoms with van der Waals surface area (Å²) in [5.74, 6) is -0.694. The van der Waals surface area contributed by atoms with Crippen LogP contribution in [0.2, 0.25) is 10.0 Å². The first-order valence-corrected chi connectivity index (χ1v) is 16.0.